The van der Waals surface area contributed by atoms with Gasteiger partial charge in [-0.15, -0.1) is 0 Å². The Hall–Kier alpha value is -2.27. The first-order valence-electron chi connectivity index (χ1n) is 7.31. The fraction of sp³-hybridized carbons (Fsp3) is 0.294. The number of benzene rings is 1. The molecule has 23 heavy (non-hydrogen) atoms. The maximum absolute atomic E-state index is 12.2. The van der Waals surface area contributed by atoms with Crippen molar-refractivity contribution in [1.29, 1.82) is 0 Å². The lowest BCUT2D eigenvalue weighted by atomic mass is 10.2. The van der Waals surface area contributed by atoms with Crippen LogP contribution < -0.4 is 9.47 Å². The highest BCUT2D eigenvalue weighted by Crippen LogP contribution is 2.29. The minimum absolute atomic E-state index is 0.0582. The summed E-state index contributed by atoms with van der Waals surface area (Å²) in [6.07, 6.45) is 1.58. The molecule has 0 amide bonds. The summed E-state index contributed by atoms with van der Waals surface area (Å²) >= 11 is 5.94. The molecule has 0 spiro atoms. The minimum atomic E-state index is -0.464. The summed E-state index contributed by atoms with van der Waals surface area (Å²) in [5, 5.41) is 0.321. The molecule has 1 heterocycles. The van der Waals surface area contributed by atoms with E-state index in [0.717, 1.165) is 0 Å². The van der Waals surface area contributed by atoms with Crippen LogP contribution in [0.15, 0.2) is 36.5 Å². The third kappa shape index (κ3) is 4.60. The predicted molar refractivity (Wildman–Crippen MR) is 87.1 cm³/mol. The van der Waals surface area contributed by atoms with Crippen LogP contribution in [-0.2, 0) is 11.3 Å². The van der Waals surface area contributed by atoms with E-state index in [1.807, 2.05) is 13.8 Å². The number of pyridine rings is 1. The molecule has 0 N–H and O–H groups in total. The summed E-state index contributed by atoms with van der Waals surface area (Å²) in [6.45, 7) is 4.80. The van der Waals surface area contributed by atoms with Gasteiger partial charge in [0.25, 0.3) is 0 Å². The minimum Gasteiger partial charge on any atom is -0.490 e. The standard InChI is InChI=1S/C17H18ClNO4/c1-3-21-14-8-7-12(10-15(14)22-4-2)17(20)23-11-13-6-5-9-19-16(13)18/h5-10H,3-4,11H2,1-2H3. The summed E-state index contributed by atoms with van der Waals surface area (Å²) in [6, 6.07) is 8.44. The first-order chi connectivity index (χ1) is 11.2. The SMILES string of the molecule is CCOc1ccc(C(=O)OCc2cccnc2Cl)cc1OCC. The second kappa shape index (κ2) is 8.39. The van der Waals surface area contributed by atoms with Crippen LogP contribution in [0.25, 0.3) is 0 Å². The van der Waals surface area contributed by atoms with Gasteiger partial charge in [-0.05, 0) is 38.1 Å². The third-order valence-electron chi connectivity index (χ3n) is 2.97. The molecule has 0 saturated heterocycles. The molecule has 1 aromatic heterocycles. The molecule has 0 aliphatic carbocycles. The van der Waals surface area contributed by atoms with Gasteiger partial charge in [0.2, 0.25) is 0 Å². The van der Waals surface area contributed by atoms with Crippen molar-refractivity contribution >= 4 is 17.6 Å². The predicted octanol–water partition coefficient (Wildman–Crippen LogP) is 3.89. The Balaban J connectivity index is 2.09. The average Bonchev–Trinajstić information content (AvgIpc) is 2.56. The number of ether oxygens (including phenoxy) is 3. The number of hydrogen-bond acceptors (Lipinski definition) is 5. The van der Waals surface area contributed by atoms with Crippen LogP contribution in [0.3, 0.4) is 0 Å². The number of halogens is 1. The number of aromatic nitrogens is 1. The van der Waals surface area contributed by atoms with E-state index in [9.17, 15) is 4.79 Å². The van der Waals surface area contributed by atoms with Gasteiger partial charge in [-0.2, -0.15) is 0 Å². The first kappa shape index (κ1) is 17.1. The molecule has 0 aliphatic heterocycles. The summed E-state index contributed by atoms with van der Waals surface area (Å²) in [4.78, 5) is 16.1. The van der Waals surface area contributed by atoms with Crippen LogP contribution in [0.1, 0.15) is 29.8 Å². The smallest absolute Gasteiger partial charge is 0.338 e. The van der Waals surface area contributed by atoms with Gasteiger partial charge in [0.1, 0.15) is 11.8 Å². The summed E-state index contributed by atoms with van der Waals surface area (Å²) in [5.74, 6) is 0.651. The Morgan fingerprint density at radius 2 is 1.87 bits per heavy atom. The zero-order chi connectivity index (χ0) is 16.7. The van der Waals surface area contributed by atoms with Crippen molar-refractivity contribution in [2.75, 3.05) is 13.2 Å². The molecule has 5 nitrogen and oxygen atoms in total. The van der Waals surface area contributed by atoms with Crippen molar-refractivity contribution in [3.8, 4) is 11.5 Å². The van der Waals surface area contributed by atoms with Gasteiger partial charge < -0.3 is 14.2 Å². The van der Waals surface area contributed by atoms with E-state index in [1.54, 1.807) is 36.5 Å². The number of hydrogen-bond donors (Lipinski definition) is 0. The van der Waals surface area contributed by atoms with E-state index in [4.69, 9.17) is 25.8 Å². The van der Waals surface area contributed by atoms with E-state index in [-0.39, 0.29) is 6.61 Å². The van der Waals surface area contributed by atoms with Gasteiger partial charge in [-0.3, -0.25) is 0 Å². The zero-order valence-electron chi connectivity index (χ0n) is 13.0. The van der Waals surface area contributed by atoms with Crippen LogP contribution in [0.4, 0.5) is 0 Å². The van der Waals surface area contributed by atoms with Crippen LogP contribution in [0.2, 0.25) is 5.15 Å². The second-order valence-electron chi connectivity index (χ2n) is 4.56. The summed E-state index contributed by atoms with van der Waals surface area (Å²) in [5.41, 5.74) is 1.04. The average molecular weight is 336 g/mol. The lowest BCUT2D eigenvalue weighted by Crippen LogP contribution is -2.07. The lowest BCUT2D eigenvalue weighted by molar-refractivity contribution is 0.0472. The van der Waals surface area contributed by atoms with Crippen molar-refractivity contribution in [2.45, 2.75) is 20.5 Å². The van der Waals surface area contributed by atoms with Crippen molar-refractivity contribution in [3.63, 3.8) is 0 Å². The van der Waals surface area contributed by atoms with Crippen molar-refractivity contribution in [2.24, 2.45) is 0 Å². The van der Waals surface area contributed by atoms with Gasteiger partial charge in [0.15, 0.2) is 11.5 Å². The number of rotatable bonds is 7. The number of carbonyl (C=O) groups excluding carboxylic acids is 1. The van der Waals surface area contributed by atoms with E-state index in [2.05, 4.69) is 4.98 Å². The molecule has 0 fully saturated rings. The van der Waals surface area contributed by atoms with Crippen LogP contribution in [0, 0.1) is 0 Å². The fourth-order valence-electron chi connectivity index (χ4n) is 1.93. The second-order valence-corrected chi connectivity index (χ2v) is 4.92. The monoisotopic (exact) mass is 335 g/mol. The Labute approximate surface area is 140 Å². The highest BCUT2D eigenvalue weighted by atomic mass is 35.5. The molecular formula is C17H18ClNO4. The Kier molecular flexibility index (Phi) is 6.23. The van der Waals surface area contributed by atoms with Crippen LogP contribution in [0.5, 0.6) is 11.5 Å². The maximum atomic E-state index is 12.2. The molecule has 1 aromatic carbocycles. The van der Waals surface area contributed by atoms with Gasteiger partial charge in [0, 0.05) is 11.8 Å². The molecule has 0 unspecified atom stereocenters. The molecule has 2 rings (SSSR count). The highest BCUT2D eigenvalue weighted by molar-refractivity contribution is 6.30. The van der Waals surface area contributed by atoms with E-state index < -0.39 is 5.97 Å². The third-order valence-corrected chi connectivity index (χ3v) is 3.31. The van der Waals surface area contributed by atoms with E-state index in [1.165, 1.54) is 0 Å². The molecule has 0 atom stereocenters. The van der Waals surface area contributed by atoms with Crippen LogP contribution in [-0.4, -0.2) is 24.2 Å². The summed E-state index contributed by atoms with van der Waals surface area (Å²) in [7, 11) is 0. The van der Waals surface area contributed by atoms with Gasteiger partial charge in [-0.25, -0.2) is 9.78 Å². The quantitative estimate of drug-likeness (QED) is 0.567. The van der Waals surface area contributed by atoms with Crippen LogP contribution >= 0.6 is 11.6 Å². The number of nitrogens with zero attached hydrogens (tertiary/aromatic N) is 1. The molecule has 2 aromatic rings. The van der Waals surface area contributed by atoms with E-state index >= 15 is 0 Å². The van der Waals surface area contributed by atoms with Gasteiger partial charge in [-0.1, -0.05) is 17.7 Å². The van der Waals surface area contributed by atoms with Crippen molar-refractivity contribution in [3.05, 3.63) is 52.8 Å². The fourth-order valence-corrected chi connectivity index (χ4v) is 2.11. The normalized spacial score (nSPS) is 10.2. The molecule has 122 valence electrons. The number of carbonyl (C=O) groups is 1. The van der Waals surface area contributed by atoms with Gasteiger partial charge in [0.05, 0.1) is 18.8 Å². The Morgan fingerprint density at radius 3 is 2.57 bits per heavy atom. The maximum Gasteiger partial charge on any atom is 0.338 e. The first-order valence-corrected chi connectivity index (χ1v) is 7.69. The molecule has 0 aliphatic rings. The Bertz CT molecular complexity index is 675. The van der Waals surface area contributed by atoms with Crippen molar-refractivity contribution in [1.82, 2.24) is 4.98 Å². The number of esters is 1. The summed E-state index contributed by atoms with van der Waals surface area (Å²) < 4.78 is 16.2. The largest absolute Gasteiger partial charge is 0.490 e. The molecular weight excluding hydrogens is 318 g/mol. The highest BCUT2D eigenvalue weighted by Gasteiger charge is 2.13. The molecule has 0 saturated carbocycles. The Morgan fingerprint density at radius 1 is 1.13 bits per heavy atom. The van der Waals surface area contributed by atoms with Gasteiger partial charge >= 0.3 is 5.97 Å². The molecule has 0 radical (unpaired) electrons. The lowest BCUT2D eigenvalue weighted by Gasteiger charge is -2.12. The van der Waals surface area contributed by atoms with Crippen molar-refractivity contribution < 1.29 is 19.0 Å². The molecule has 6 heteroatoms. The molecule has 0 bridgehead atoms. The zero-order valence-corrected chi connectivity index (χ0v) is 13.8. The topological polar surface area (TPSA) is 57.7 Å². The van der Waals surface area contributed by atoms with E-state index in [0.29, 0.717) is 41.0 Å².